The number of rotatable bonds is 5. The third-order valence-corrected chi connectivity index (χ3v) is 4.24. The number of benzene rings is 1. The van der Waals surface area contributed by atoms with Gasteiger partial charge in [-0.1, -0.05) is 33.4 Å². The molecule has 4 nitrogen and oxygen atoms in total. The lowest BCUT2D eigenvalue weighted by atomic mass is 9.75. The first kappa shape index (κ1) is 18.5. The van der Waals surface area contributed by atoms with Crippen LogP contribution in [-0.4, -0.2) is 35.2 Å². The maximum atomic E-state index is 12.4. The first-order valence-corrected chi connectivity index (χ1v) is 7.52. The summed E-state index contributed by atoms with van der Waals surface area (Å²) in [5, 5.41) is 10.4. The smallest absolute Gasteiger partial charge is 0.231 e. The molecule has 1 saturated heterocycles. The molecule has 1 aliphatic rings. The molecule has 0 aromatic heterocycles. The summed E-state index contributed by atoms with van der Waals surface area (Å²) in [6, 6.07) is 7.82. The van der Waals surface area contributed by atoms with Gasteiger partial charge in [0.1, 0.15) is 5.75 Å². The Labute approximate surface area is 134 Å². The van der Waals surface area contributed by atoms with Crippen molar-refractivity contribution < 1.29 is 14.6 Å². The van der Waals surface area contributed by atoms with Crippen molar-refractivity contribution in [2.75, 3.05) is 7.11 Å². The number of carbonyl (C=O) groups is 1. The van der Waals surface area contributed by atoms with Crippen molar-refractivity contribution in [3.05, 3.63) is 29.8 Å². The number of carbonyl (C=O) groups excluding carboxylic acids is 1. The van der Waals surface area contributed by atoms with Gasteiger partial charge in [-0.3, -0.25) is 4.79 Å². The van der Waals surface area contributed by atoms with Gasteiger partial charge in [-0.05, 0) is 37.5 Å². The van der Waals surface area contributed by atoms with Crippen LogP contribution in [0.3, 0.4) is 0 Å². The molecule has 0 spiro atoms. The molecule has 22 heavy (non-hydrogen) atoms. The highest BCUT2D eigenvalue weighted by atomic mass is 16.5. The summed E-state index contributed by atoms with van der Waals surface area (Å²) in [5.41, 5.74) is 1.05. The van der Waals surface area contributed by atoms with E-state index in [4.69, 9.17) is 4.74 Å². The molecule has 0 aliphatic carbocycles. The number of likely N-dealkylation sites (tertiary alicyclic amines) is 1. The van der Waals surface area contributed by atoms with Crippen molar-refractivity contribution in [1.29, 1.82) is 0 Å². The van der Waals surface area contributed by atoms with Crippen LogP contribution in [0.15, 0.2) is 24.3 Å². The zero-order valence-electron chi connectivity index (χ0n) is 13.4. The number of ether oxygens (including phenoxy) is 1. The molecule has 0 radical (unpaired) electrons. The van der Waals surface area contributed by atoms with Gasteiger partial charge >= 0.3 is 0 Å². The van der Waals surface area contributed by atoms with Gasteiger partial charge in [-0.25, -0.2) is 0 Å². The van der Waals surface area contributed by atoms with Gasteiger partial charge < -0.3 is 14.7 Å². The van der Waals surface area contributed by atoms with E-state index in [2.05, 4.69) is 0 Å². The zero-order valence-corrected chi connectivity index (χ0v) is 13.4. The number of aliphatic hydroxyl groups excluding tert-OH is 1. The summed E-state index contributed by atoms with van der Waals surface area (Å²) in [4.78, 5) is 14.3. The van der Waals surface area contributed by atoms with Crippen LogP contribution in [0.4, 0.5) is 0 Å². The predicted octanol–water partition coefficient (Wildman–Crippen LogP) is 3.26. The third kappa shape index (κ3) is 3.12. The molecule has 1 amide bonds. The number of hydrogen-bond donors (Lipinski definition) is 1. The van der Waals surface area contributed by atoms with Crippen LogP contribution in [0.25, 0.3) is 0 Å². The van der Waals surface area contributed by atoms with Gasteiger partial charge in [0, 0.05) is 6.04 Å². The molecule has 2 rings (SSSR count). The summed E-state index contributed by atoms with van der Waals surface area (Å²) in [7, 11) is 1.63. The van der Waals surface area contributed by atoms with Gasteiger partial charge in [-0.15, -0.1) is 0 Å². The molecule has 0 unspecified atom stereocenters. The lowest BCUT2D eigenvalue weighted by Crippen LogP contribution is -2.62. The number of methoxy groups -OCH3 is 1. The molecule has 1 heterocycles. The Bertz CT molecular complexity index is 496. The topological polar surface area (TPSA) is 49.8 Å². The summed E-state index contributed by atoms with van der Waals surface area (Å²) in [6.45, 7) is 7.90. The summed E-state index contributed by atoms with van der Waals surface area (Å²) >= 11 is 0. The van der Waals surface area contributed by atoms with Crippen molar-refractivity contribution in [3.8, 4) is 5.75 Å². The second-order valence-electron chi connectivity index (χ2n) is 6.32. The Kier molecular flexibility index (Phi) is 6.00. The molecule has 1 aromatic carbocycles. The molecule has 1 aromatic rings. The van der Waals surface area contributed by atoms with Gasteiger partial charge in [0.15, 0.2) is 0 Å². The Morgan fingerprint density at radius 1 is 1.14 bits per heavy atom. The number of nitrogens with zero attached hydrogens (tertiary/aromatic N) is 1. The minimum atomic E-state index is -0.611. The fourth-order valence-electron chi connectivity index (χ4n) is 3.03. The molecule has 0 saturated carbocycles. The normalized spacial score (nSPS) is 22.4. The monoisotopic (exact) mass is 307 g/mol. The highest BCUT2D eigenvalue weighted by Crippen LogP contribution is 2.45. The summed E-state index contributed by atoms with van der Waals surface area (Å²) in [6.07, 6.45) is -0.611. The number of amides is 1. The first-order valence-electron chi connectivity index (χ1n) is 7.52. The Hall–Kier alpha value is -1.55. The van der Waals surface area contributed by atoms with E-state index >= 15 is 0 Å². The Balaban J connectivity index is 0.00000242. The summed E-state index contributed by atoms with van der Waals surface area (Å²) < 4.78 is 5.18. The molecule has 1 aliphatic heterocycles. The average molecular weight is 307 g/mol. The second kappa shape index (κ2) is 7.14. The van der Waals surface area contributed by atoms with Crippen LogP contribution in [0.1, 0.15) is 46.7 Å². The largest absolute Gasteiger partial charge is 0.497 e. The molecule has 1 N–H and O–H groups in total. The molecular weight excluding hydrogens is 278 g/mol. The standard InChI is InChI=1S/C17H25NO3.CH4/c1-10(2)16(19)14-15(18(11(3)4)17(14)20)12-6-8-13(21-5)9-7-12;/h6-11,14-16,19H,1-5H3;1H4/t14-,15-,16+;/m1./s1. The van der Waals surface area contributed by atoms with Crippen LogP contribution >= 0.6 is 0 Å². The predicted molar refractivity (Wildman–Crippen MR) is 88.8 cm³/mol. The van der Waals surface area contributed by atoms with E-state index in [1.165, 1.54) is 0 Å². The maximum absolute atomic E-state index is 12.4. The van der Waals surface area contributed by atoms with Gasteiger partial charge in [0.2, 0.25) is 5.91 Å². The number of β-lactam (4-membered cyclic amide) rings is 1. The van der Waals surface area contributed by atoms with Crippen molar-refractivity contribution in [3.63, 3.8) is 0 Å². The van der Waals surface area contributed by atoms with Crippen LogP contribution < -0.4 is 4.74 Å². The van der Waals surface area contributed by atoms with Crippen LogP contribution in [-0.2, 0) is 4.79 Å². The SMILES string of the molecule is C.COc1ccc([C@@H]2[C@H]([C@@H](O)C(C)C)C(=O)N2C(C)C)cc1. The molecular formula is C18H29NO3. The molecule has 4 heteroatoms. The number of hydrogen-bond acceptors (Lipinski definition) is 3. The van der Waals surface area contributed by atoms with E-state index in [0.717, 1.165) is 11.3 Å². The fraction of sp³-hybridized carbons (Fsp3) is 0.611. The summed E-state index contributed by atoms with van der Waals surface area (Å²) in [5.74, 6) is 0.559. The van der Waals surface area contributed by atoms with Crippen molar-refractivity contribution in [2.45, 2.75) is 53.3 Å². The van der Waals surface area contributed by atoms with Crippen molar-refractivity contribution >= 4 is 5.91 Å². The lowest BCUT2D eigenvalue weighted by molar-refractivity contribution is -0.172. The van der Waals surface area contributed by atoms with Crippen LogP contribution in [0.5, 0.6) is 5.75 Å². The van der Waals surface area contributed by atoms with Gasteiger partial charge in [0.25, 0.3) is 0 Å². The average Bonchev–Trinajstić information content (AvgIpc) is 2.44. The second-order valence-corrected chi connectivity index (χ2v) is 6.32. The highest BCUT2D eigenvalue weighted by molar-refractivity contribution is 5.87. The fourth-order valence-corrected chi connectivity index (χ4v) is 3.03. The van der Waals surface area contributed by atoms with E-state index in [-0.39, 0.29) is 37.3 Å². The van der Waals surface area contributed by atoms with Crippen molar-refractivity contribution in [1.82, 2.24) is 4.90 Å². The van der Waals surface area contributed by atoms with Crippen molar-refractivity contribution in [2.24, 2.45) is 11.8 Å². The van der Waals surface area contributed by atoms with Crippen LogP contribution in [0, 0.1) is 11.8 Å². The minimum absolute atomic E-state index is 0. The molecule has 0 bridgehead atoms. The first-order chi connectivity index (χ1) is 9.88. The maximum Gasteiger partial charge on any atom is 0.231 e. The highest BCUT2D eigenvalue weighted by Gasteiger charge is 2.52. The Morgan fingerprint density at radius 3 is 2.09 bits per heavy atom. The quantitative estimate of drug-likeness (QED) is 0.850. The minimum Gasteiger partial charge on any atom is -0.497 e. The molecule has 124 valence electrons. The van der Waals surface area contributed by atoms with Gasteiger partial charge in [-0.2, -0.15) is 0 Å². The molecule has 1 fully saturated rings. The van der Waals surface area contributed by atoms with Gasteiger partial charge in [0.05, 0.1) is 25.2 Å². The Morgan fingerprint density at radius 2 is 1.68 bits per heavy atom. The number of aliphatic hydroxyl groups is 1. The van der Waals surface area contributed by atoms with Crippen LogP contribution in [0.2, 0.25) is 0 Å². The molecule has 3 atom stereocenters. The van der Waals surface area contributed by atoms with E-state index in [1.807, 2.05) is 56.9 Å². The van der Waals surface area contributed by atoms with E-state index < -0.39 is 6.10 Å². The van der Waals surface area contributed by atoms with E-state index in [0.29, 0.717) is 0 Å². The van der Waals surface area contributed by atoms with E-state index in [9.17, 15) is 9.90 Å². The van der Waals surface area contributed by atoms with E-state index in [1.54, 1.807) is 7.11 Å². The third-order valence-electron chi connectivity index (χ3n) is 4.24. The zero-order chi connectivity index (χ0) is 15.7. The lowest BCUT2D eigenvalue weighted by Gasteiger charge is -2.52.